The van der Waals surface area contributed by atoms with Crippen molar-refractivity contribution in [2.75, 3.05) is 6.54 Å². The largest absolute Gasteiger partial charge is 0.345 e. The van der Waals surface area contributed by atoms with Crippen LogP contribution in [0.1, 0.15) is 60.3 Å². The molecule has 1 unspecified atom stereocenters. The summed E-state index contributed by atoms with van der Waals surface area (Å²) in [4.78, 5) is 51.0. The molecule has 10 nitrogen and oxygen atoms in total. The molecule has 0 rings (SSSR count). The minimum absolute atomic E-state index is 0.108. The molecule has 0 saturated heterocycles. The molecule has 8 N–H and O–H groups in total. The number of carbonyl (C=O) groups is 4. The van der Waals surface area contributed by atoms with E-state index < -0.39 is 29.9 Å². The zero-order valence-corrected chi connectivity index (χ0v) is 18.8. The highest BCUT2D eigenvalue weighted by Crippen LogP contribution is 2.09. The highest BCUT2D eigenvalue weighted by Gasteiger charge is 2.28. The summed E-state index contributed by atoms with van der Waals surface area (Å²) in [5.74, 6) is -0.995. The standard InChI is InChI=1S/C20H38N6O4/c1-12(2)9-16(24-14(5)28)18(29)26-19(30)17(10-13(3)4)25-15(11-27)7-6-8-23-20(21)22/h11-13,15-17,25H,6-10H2,1-5H3,(H,24,28)(H4,21,22,23)(H,26,29,30)/p+1/t15?,16-,17-/m0/s1. The minimum Gasteiger partial charge on any atom is -0.345 e. The Morgan fingerprint density at radius 3 is 1.97 bits per heavy atom. The van der Waals surface area contributed by atoms with E-state index >= 15 is 0 Å². The number of carbonyl (C=O) groups excluding carboxylic acids is 4. The molecule has 0 fully saturated rings. The van der Waals surface area contributed by atoms with E-state index in [1.807, 2.05) is 27.7 Å². The molecule has 0 bridgehead atoms. The first kappa shape index (κ1) is 27.5. The van der Waals surface area contributed by atoms with Crippen LogP contribution >= 0.6 is 0 Å². The zero-order valence-electron chi connectivity index (χ0n) is 18.8. The van der Waals surface area contributed by atoms with E-state index in [1.165, 1.54) is 6.92 Å². The first-order chi connectivity index (χ1) is 14.0. The Kier molecular flexibility index (Phi) is 13.3. The van der Waals surface area contributed by atoms with Crippen LogP contribution < -0.4 is 32.4 Å². The average molecular weight is 428 g/mol. The van der Waals surface area contributed by atoms with Crippen LogP contribution in [0.5, 0.6) is 0 Å². The Bertz CT molecular complexity index is 602. The number of guanidine groups is 1. The van der Waals surface area contributed by atoms with Gasteiger partial charge in [-0.2, -0.15) is 0 Å². The Labute approximate surface area is 179 Å². The molecule has 10 heteroatoms. The lowest BCUT2D eigenvalue weighted by atomic mass is 10.00. The number of nitrogens with one attached hydrogen (secondary N) is 4. The SMILES string of the molecule is CC(=O)N[C@@H](CC(C)C)C(=O)NC(=O)[C@H](CC(C)C)NC(C=O)CCC[NH+]=C(N)N. The fourth-order valence-corrected chi connectivity index (χ4v) is 2.97. The average Bonchev–Trinajstić information content (AvgIpc) is 2.61. The van der Waals surface area contributed by atoms with Gasteiger partial charge in [0.2, 0.25) is 17.7 Å². The molecule has 0 heterocycles. The van der Waals surface area contributed by atoms with Crippen molar-refractivity contribution in [3.63, 3.8) is 0 Å². The summed E-state index contributed by atoms with van der Waals surface area (Å²) >= 11 is 0. The van der Waals surface area contributed by atoms with Crippen LogP contribution in [-0.2, 0) is 19.2 Å². The molecule has 0 spiro atoms. The predicted octanol–water partition coefficient (Wildman–Crippen LogP) is -2.11. The molecule has 3 amide bonds. The second kappa shape index (κ2) is 14.5. The van der Waals surface area contributed by atoms with Gasteiger partial charge in [-0.05, 0) is 37.5 Å². The van der Waals surface area contributed by atoms with Crippen LogP contribution in [0, 0.1) is 11.8 Å². The van der Waals surface area contributed by atoms with Crippen molar-refractivity contribution in [1.29, 1.82) is 0 Å². The first-order valence-electron chi connectivity index (χ1n) is 10.4. The molecule has 0 aliphatic carbocycles. The Balaban J connectivity index is 5.09. The van der Waals surface area contributed by atoms with Gasteiger partial charge in [-0.1, -0.05) is 27.7 Å². The van der Waals surface area contributed by atoms with Gasteiger partial charge in [0.1, 0.15) is 12.3 Å². The van der Waals surface area contributed by atoms with E-state index in [2.05, 4.69) is 20.9 Å². The quantitative estimate of drug-likeness (QED) is 0.0797. The van der Waals surface area contributed by atoms with Crippen molar-refractivity contribution in [2.24, 2.45) is 23.3 Å². The predicted molar refractivity (Wildman–Crippen MR) is 115 cm³/mol. The van der Waals surface area contributed by atoms with E-state index in [0.717, 1.165) is 6.29 Å². The zero-order chi connectivity index (χ0) is 23.3. The van der Waals surface area contributed by atoms with E-state index in [4.69, 9.17) is 11.5 Å². The maximum atomic E-state index is 12.8. The molecule has 172 valence electrons. The summed E-state index contributed by atoms with van der Waals surface area (Å²) in [7, 11) is 0. The monoisotopic (exact) mass is 427 g/mol. The van der Waals surface area contributed by atoms with Crippen LogP contribution in [-0.4, -0.2) is 54.6 Å². The fraction of sp³-hybridized carbons (Fsp3) is 0.750. The van der Waals surface area contributed by atoms with Gasteiger partial charge >= 0.3 is 5.96 Å². The molecule has 3 atom stereocenters. The lowest BCUT2D eigenvalue weighted by Crippen LogP contribution is -2.78. The highest BCUT2D eigenvalue weighted by atomic mass is 16.2. The molecule has 0 saturated carbocycles. The summed E-state index contributed by atoms with van der Waals surface area (Å²) in [6.07, 6.45) is 2.69. The van der Waals surface area contributed by atoms with Gasteiger partial charge < -0.3 is 10.1 Å². The summed E-state index contributed by atoms with van der Waals surface area (Å²) in [5.41, 5.74) is 10.7. The number of amides is 3. The van der Waals surface area contributed by atoms with Crippen molar-refractivity contribution >= 4 is 30.0 Å². The van der Waals surface area contributed by atoms with Crippen LogP contribution in [0.3, 0.4) is 0 Å². The molecule has 0 aromatic carbocycles. The third-order valence-corrected chi connectivity index (χ3v) is 4.27. The van der Waals surface area contributed by atoms with Crippen LogP contribution in [0.15, 0.2) is 0 Å². The summed E-state index contributed by atoms with van der Waals surface area (Å²) in [6, 6.07) is -2.07. The van der Waals surface area contributed by atoms with Crippen molar-refractivity contribution in [3.8, 4) is 0 Å². The maximum absolute atomic E-state index is 12.8. The van der Waals surface area contributed by atoms with Gasteiger partial charge in [0.15, 0.2) is 0 Å². The summed E-state index contributed by atoms with van der Waals surface area (Å²) < 4.78 is 0. The van der Waals surface area contributed by atoms with Crippen LogP contribution in [0.2, 0.25) is 0 Å². The van der Waals surface area contributed by atoms with E-state index in [1.54, 1.807) is 0 Å². The van der Waals surface area contributed by atoms with E-state index in [9.17, 15) is 19.2 Å². The van der Waals surface area contributed by atoms with Gasteiger partial charge in [0.05, 0.1) is 18.6 Å². The summed E-state index contributed by atoms with van der Waals surface area (Å²) in [6.45, 7) is 9.57. The highest BCUT2D eigenvalue weighted by molar-refractivity contribution is 6.01. The Hall–Kier alpha value is -2.49. The maximum Gasteiger partial charge on any atom is 0.338 e. The smallest absolute Gasteiger partial charge is 0.338 e. The third-order valence-electron chi connectivity index (χ3n) is 4.27. The minimum atomic E-state index is -0.794. The van der Waals surface area contributed by atoms with Crippen molar-refractivity contribution in [3.05, 3.63) is 0 Å². The molecule has 0 aliphatic heterocycles. The number of rotatable bonds is 14. The number of imide groups is 1. The second-order valence-electron chi connectivity index (χ2n) is 8.35. The van der Waals surface area contributed by atoms with Gasteiger partial charge in [-0.3, -0.25) is 41.5 Å². The Morgan fingerprint density at radius 1 is 0.967 bits per heavy atom. The molecular weight excluding hydrogens is 388 g/mol. The first-order valence-corrected chi connectivity index (χ1v) is 10.4. The van der Waals surface area contributed by atoms with E-state index in [-0.39, 0.29) is 23.7 Å². The molecule has 0 aromatic heterocycles. The molecule has 0 aliphatic rings. The molecule has 0 radical (unpaired) electrons. The van der Waals surface area contributed by atoms with Gasteiger partial charge in [0, 0.05) is 6.92 Å². The topological polar surface area (TPSA) is 170 Å². The fourth-order valence-electron chi connectivity index (χ4n) is 2.97. The van der Waals surface area contributed by atoms with E-state index in [0.29, 0.717) is 32.2 Å². The van der Waals surface area contributed by atoms with Crippen molar-refractivity contribution in [1.82, 2.24) is 16.0 Å². The molecular formula is C20H39N6O4+. The number of aldehydes is 1. The normalized spacial score (nSPS) is 14.0. The molecule has 30 heavy (non-hydrogen) atoms. The van der Waals surface area contributed by atoms with Crippen LogP contribution in [0.25, 0.3) is 0 Å². The number of hydrogen-bond acceptors (Lipinski definition) is 5. The lowest BCUT2D eigenvalue weighted by Gasteiger charge is -2.25. The molecule has 0 aromatic rings. The van der Waals surface area contributed by atoms with Gasteiger partial charge in [-0.15, -0.1) is 0 Å². The Morgan fingerprint density at radius 2 is 1.50 bits per heavy atom. The lowest BCUT2D eigenvalue weighted by molar-refractivity contribution is -0.459. The van der Waals surface area contributed by atoms with Gasteiger partial charge in [-0.25, -0.2) is 0 Å². The van der Waals surface area contributed by atoms with Crippen molar-refractivity contribution < 1.29 is 24.2 Å². The number of nitrogens with two attached hydrogens (primary N) is 2. The van der Waals surface area contributed by atoms with Crippen LogP contribution in [0.4, 0.5) is 0 Å². The third kappa shape index (κ3) is 12.9. The summed E-state index contributed by atoms with van der Waals surface area (Å²) in [5, 5.41) is 8.00. The number of hydrogen-bond donors (Lipinski definition) is 6. The van der Waals surface area contributed by atoms with Gasteiger partial charge in [0.25, 0.3) is 0 Å². The van der Waals surface area contributed by atoms with Crippen molar-refractivity contribution in [2.45, 2.75) is 78.4 Å². The second-order valence-corrected chi connectivity index (χ2v) is 8.35.